The normalized spacial score (nSPS) is 19.4. The van der Waals surface area contributed by atoms with Crippen LogP contribution in [0.1, 0.15) is 29.2 Å². The van der Waals surface area contributed by atoms with Crippen molar-refractivity contribution >= 4 is 46.0 Å². The Morgan fingerprint density at radius 3 is 2.19 bits per heavy atom. The number of thioether (sulfide) groups is 1. The molecule has 1 saturated heterocycles. The highest BCUT2D eigenvalue weighted by Gasteiger charge is 2.30. The molecule has 1 fully saturated rings. The van der Waals surface area contributed by atoms with Gasteiger partial charge in [-0.25, -0.2) is 4.99 Å². The quantitative estimate of drug-likeness (QED) is 0.307. The van der Waals surface area contributed by atoms with Gasteiger partial charge in [-0.1, -0.05) is 91.0 Å². The van der Waals surface area contributed by atoms with Crippen molar-refractivity contribution in [2.45, 2.75) is 12.5 Å². The molecule has 0 aromatic heterocycles. The molecule has 4 aromatic rings. The predicted molar refractivity (Wildman–Crippen MR) is 153 cm³/mol. The van der Waals surface area contributed by atoms with Gasteiger partial charge >= 0.3 is 0 Å². The van der Waals surface area contributed by atoms with E-state index < -0.39 is 0 Å². The monoisotopic (exact) mass is 500 g/mol. The van der Waals surface area contributed by atoms with E-state index in [2.05, 4.69) is 88.1 Å². The van der Waals surface area contributed by atoms with Crippen molar-refractivity contribution in [3.8, 4) is 0 Å². The van der Waals surface area contributed by atoms with Crippen LogP contribution in [-0.2, 0) is 0 Å². The smallest absolute Gasteiger partial charge is 0.289 e. The van der Waals surface area contributed by atoms with Crippen LogP contribution in [0.4, 0.5) is 16.2 Å². The number of rotatable bonds is 5. The van der Waals surface area contributed by atoms with E-state index >= 15 is 0 Å². The summed E-state index contributed by atoms with van der Waals surface area (Å²) in [6.45, 7) is 0. The second kappa shape index (κ2) is 10.3. The number of benzene rings is 4. The minimum absolute atomic E-state index is 0.122. The molecule has 2 heterocycles. The molecule has 180 valence electrons. The van der Waals surface area contributed by atoms with Crippen molar-refractivity contribution in [2.75, 3.05) is 5.01 Å². The summed E-state index contributed by atoms with van der Waals surface area (Å²) in [5.41, 5.74) is 6.27. The minimum atomic E-state index is -0.122. The Kier molecular flexibility index (Phi) is 6.40. The molecule has 1 atom stereocenters. The lowest BCUT2D eigenvalue weighted by molar-refractivity contribution is 0.265. The fourth-order valence-electron chi connectivity index (χ4n) is 4.51. The third-order valence-corrected chi connectivity index (χ3v) is 7.13. The van der Waals surface area contributed by atoms with Crippen molar-refractivity contribution in [3.63, 3.8) is 0 Å². The average Bonchev–Trinajstić information content (AvgIpc) is 3.54. The maximum Gasteiger partial charge on any atom is 0.289 e. The van der Waals surface area contributed by atoms with Gasteiger partial charge in [-0.2, -0.15) is 5.10 Å². The Morgan fingerprint density at radius 1 is 0.838 bits per heavy atom. The summed E-state index contributed by atoms with van der Waals surface area (Å²) in [5, 5.41) is 9.89. The van der Waals surface area contributed by atoms with Gasteiger partial charge < -0.3 is 5.32 Å². The molecule has 0 radical (unpaired) electrons. The molecule has 1 N–H and O–H groups in total. The van der Waals surface area contributed by atoms with E-state index in [1.165, 1.54) is 5.56 Å². The highest BCUT2D eigenvalue weighted by Crippen LogP contribution is 2.37. The van der Waals surface area contributed by atoms with E-state index in [1.807, 2.05) is 48.5 Å². The van der Waals surface area contributed by atoms with Crippen LogP contribution >= 0.6 is 11.8 Å². The van der Waals surface area contributed by atoms with Gasteiger partial charge in [0, 0.05) is 6.42 Å². The lowest BCUT2D eigenvalue weighted by atomic mass is 9.98. The Bertz CT molecular complexity index is 1500. The van der Waals surface area contributed by atoms with Crippen molar-refractivity contribution in [1.82, 2.24) is 5.32 Å². The first-order chi connectivity index (χ1) is 18.2. The molecule has 37 heavy (non-hydrogen) atoms. The van der Waals surface area contributed by atoms with Crippen molar-refractivity contribution in [1.29, 1.82) is 0 Å². The van der Waals surface area contributed by atoms with Crippen LogP contribution in [0.2, 0.25) is 0 Å². The van der Waals surface area contributed by atoms with E-state index in [-0.39, 0.29) is 11.3 Å². The number of hydrogen-bond donors (Lipinski definition) is 1. The first-order valence-corrected chi connectivity index (χ1v) is 13.0. The summed E-state index contributed by atoms with van der Waals surface area (Å²) >= 11 is 1.16. The number of hydrazone groups is 1. The number of carbonyl (C=O) groups is 1. The van der Waals surface area contributed by atoms with Gasteiger partial charge in [0.1, 0.15) is 5.84 Å². The Balaban J connectivity index is 1.30. The lowest BCUT2D eigenvalue weighted by Gasteiger charge is -2.24. The van der Waals surface area contributed by atoms with Crippen molar-refractivity contribution < 1.29 is 4.79 Å². The molecule has 0 aliphatic carbocycles. The van der Waals surface area contributed by atoms with Crippen LogP contribution in [0.15, 0.2) is 130 Å². The zero-order valence-corrected chi connectivity index (χ0v) is 20.8. The zero-order chi connectivity index (χ0) is 25.0. The second-order valence-corrected chi connectivity index (χ2v) is 9.81. The number of carbonyl (C=O) groups excluding carboxylic acids is 1. The standard InChI is InChI=1S/C31H24N4OS/c36-31-33-30(32-25-14-8-3-9-15-25)29(37-31)20-22-16-18-26(19-17-22)35-28(24-12-6-2-7-13-24)21-27(34-35)23-10-4-1-5-11-23/h1-20,28H,21H2,(H,32,33,36). The number of amidine groups is 1. The number of nitrogens with zero attached hydrogens (tertiary/aromatic N) is 3. The highest BCUT2D eigenvalue weighted by molar-refractivity contribution is 8.18. The third-order valence-electron chi connectivity index (χ3n) is 6.31. The van der Waals surface area contributed by atoms with Crippen LogP contribution in [0.25, 0.3) is 6.08 Å². The maximum absolute atomic E-state index is 12.1. The summed E-state index contributed by atoms with van der Waals surface area (Å²) in [5.74, 6) is 0.575. The Morgan fingerprint density at radius 2 is 1.49 bits per heavy atom. The van der Waals surface area contributed by atoms with Crippen LogP contribution in [-0.4, -0.2) is 16.8 Å². The van der Waals surface area contributed by atoms with Crippen molar-refractivity contribution in [3.05, 3.63) is 137 Å². The first kappa shape index (κ1) is 23.0. The van der Waals surface area contributed by atoms with Gasteiger partial charge in [0.15, 0.2) is 0 Å². The first-order valence-electron chi connectivity index (χ1n) is 12.1. The molecule has 5 nitrogen and oxygen atoms in total. The fourth-order valence-corrected chi connectivity index (χ4v) is 5.24. The average molecular weight is 501 g/mol. The lowest BCUT2D eigenvalue weighted by Crippen LogP contribution is -2.18. The second-order valence-electron chi connectivity index (χ2n) is 8.80. The Hall–Kier alpha value is -4.42. The summed E-state index contributed by atoms with van der Waals surface area (Å²) < 4.78 is 0. The maximum atomic E-state index is 12.1. The number of amides is 1. The number of para-hydroxylation sites is 1. The number of aliphatic imine (C=N–C) groups is 1. The van der Waals surface area contributed by atoms with Crippen LogP contribution < -0.4 is 10.3 Å². The Labute approximate surface area is 220 Å². The van der Waals surface area contributed by atoms with Gasteiger partial charge in [0.25, 0.3) is 5.24 Å². The van der Waals surface area contributed by atoms with Gasteiger partial charge in [-0.3, -0.25) is 9.80 Å². The van der Waals surface area contributed by atoms with E-state index in [1.54, 1.807) is 0 Å². The van der Waals surface area contributed by atoms with Gasteiger partial charge in [0.2, 0.25) is 0 Å². The number of anilines is 1. The third kappa shape index (κ3) is 5.10. The van der Waals surface area contributed by atoms with Crippen LogP contribution in [0.5, 0.6) is 0 Å². The molecule has 4 aromatic carbocycles. The fraction of sp³-hybridized carbons (Fsp3) is 0.0645. The highest BCUT2D eigenvalue weighted by atomic mass is 32.2. The molecule has 2 aliphatic rings. The van der Waals surface area contributed by atoms with Gasteiger partial charge in [0.05, 0.1) is 28.0 Å². The topological polar surface area (TPSA) is 57.1 Å². The molecular weight excluding hydrogens is 476 g/mol. The SMILES string of the molecule is O=C1NC(=Nc2ccccc2)C(=Cc2ccc(N3N=C(c4ccccc4)CC3c3ccccc3)cc2)S1. The molecule has 1 unspecified atom stereocenters. The molecule has 0 spiro atoms. The molecular formula is C31H24N4OS. The molecule has 0 saturated carbocycles. The summed E-state index contributed by atoms with van der Waals surface area (Å²) in [4.78, 5) is 17.5. The van der Waals surface area contributed by atoms with E-state index in [9.17, 15) is 4.79 Å². The van der Waals surface area contributed by atoms with E-state index in [4.69, 9.17) is 5.10 Å². The summed E-state index contributed by atoms with van der Waals surface area (Å²) in [7, 11) is 0. The zero-order valence-electron chi connectivity index (χ0n) is 20.0. The van der Waals surface area contributed by atoms with E-state index in [0.29, 0.717) is 5.84 Å². The summed E-state index contributed by atoms with van der Waals surface area (Å²) in [6.07, 6.45) is 2.83. The molecule has 6 heteroatoms. The van der Waals surface area contributed by atoms with E-state index in [0.717, 1.165) is 51.3 Å². The minimum Gasteiger partial charge on any atom is -0.300 e. The molecule has 0 bridgehead atoms. The van der Waals surface area contributed by atoms with Gasteiger partial charge in [-0.15, -0.1) is 0 Å². The number of hydrogen-bond acceptors (Lipinski definition) is 5. The van der Waals surface area contributed by atoms with Gasteiger partial charge in [-0.05, 0) is 58.8 Å². The van der Waals surface area contributed by atoms with Crippen LogP contribution in [0, 0.1) is 0 Å². The molecule has 6 rings (SSSR count). The predicted octanol–water partition coefficient (Wildman–Crippen LogP) is 7.57. The number of nitrogens with one attached hydrogen (secondary N) is 1. The van der Waals surface area contributed by atoms with Crippen LogP contribution in [0.3, 0.4) is 0 Å². The molecule has 1 amide bonds. The summed E-state index contributed by atoms with van der Waals surface area (Å²) in [6, 6.07) is 38.9. The largest absolute Gasteiger partial charge is 0.300 e. The molecule has 2 aliphatic heterocycles. The van der Waals surface area contributed by atoms with Crippen molar-refractivity contribution in [2.24, 2.45) is 10.1 Å².